The fraction of sp³-hybridized carbons (Fsp3) is 0.400. The number of benzene rings is 2. The molecule has 0 radical (unpaired) electrons. The van der Waals surface area contributed by atoms with Crippen LogP contribution in [0.2, 0.25) is 0 Å². The van der Waals surface area contributed by atoms with E-state index in [0.29, 0.717) is 26.4 Å². The lowest BCUT2D eigenvalue weighted by atomic mass is 10.1. The molecule has 2 aliphatic rings. The van der Waals surface area contributed by atoms with Gasteiger partial charge in [-0.1, -0.05) is 58.0 Å². The highest BCUT2D eigenvalue weighted by atomic mass is 33.1. The van der Waals surface area contributed by atoms with Gasteiger partial charge in [-0.3, -0.25) is 0 Å². The van der Waals surface area contributed by atoms with Crippen molar-refractivity contribution in [3.8, 4) is 0 Å². The van der Waals surface area contributed by atoms with Crippen molar-refractivity contribution in [1.29, 1.82) is 0 Å². The Hall–Kier alpha value is -1.02. The molecule has 26 heavy (non-hydrogen) atoms. The molecule has 2 aromatic carbocycles. The second kappa shape index (κ2) is 7.54. The van der Waals surface area contributed by atoms with Crippen molar-refractivity contribution in [2.45, 2.75) is 35.2 Å². The summed E-state index contributed by atoms with van der Waals surface area (Å²) in [5, 5.41) is 0. The molecule has 0 N–H and O–H groups in total. The fourth-order valence-electron chi connectivity index (χ4n) is 3.26. The van der Waals surface area contributed by atoms with E-state index in [2.05, 4.69) is 24.3 Å². The first-order chi connectivity index (χ1) is 12.6. The lowest BCUT2D eigenvalue weighted by Crippen LogP contribution is -2.23. The van der Waals surface area contributed by atoms with Crippen LogP contribution < -0.4 is 0 Å². The molecule has 6 heteroatoms. The lowest BCUT2D eigenvalue weighted by Gasteiger charge is -2.26. The Morgan fingerprint density at radius 2 is 0.962 bits per heavy atom. The number of ether oxygens (including phenoxy) is 4. The maximum absolute atomic E-state index is 5.86. The smallest absolute Gasteiger partial charge is 0.193 e. The van der Waals surface area contributed by atoms with Gasteiger partial charge in [0.05, 0.1) is 26.4 Å². The molecule has 0 unspecified atom stereocenters. The Balaban J connectivity index is 1.58. The van der Waals surface area contributed by atoms with E-state index in [0.717, 1.165) is 20.9 Å². The van der Waals surface area contributed by atoms with Crippen LogP contribution in [0.15, 0.2) is 58.3 Å². The van der Waals surface area contributed by atoms with Crippen molar-refractivity contribution < 1.29 is 18.9 Å². The van der Waals surface area contributed by atoms with Crippen LogP contribution in [0.3, 0.4) is 0 Å². The molecule has 2 aromatic rings. The zero-order chi connectivity index (χ0) is 18.0. The Kier molecular flexibility index (Phi) is 5.32. The maximum Gasteiger partial charge on any atom is 0.193 e. The van der Waals surface area contributed by atoms with E-state index in [-0.39, 0.29) is 0 Å². The van der Waals surface area contributed by atoms with Gasteiger partial charge in [0.2, 0.25) is 0 Å². The van der Waals surface area contributed by atoms with Crippen LogP contribution in [0.5, 0.6) is 0 Å². The SMILES string of the molecule is CC1(c2ccccc2SSc2ccccc2C2(C)OCCO2)OCCO1. The van der Waals surface area contributed by atoms with Gasteiger partial charge in [0.15, 0.2) is 11.6 Å². The molecule has 2 saturated heterocycles. The van der Waals surface area contributed by atoms with Crippen LogP contribution in [0.4, 0.5) is 0 Å². The second-order valence-electron chi connectivity index (χ2n) is 6.44. The van der Waals surface area contributed by atoms with Gasteiger partial charge in [0.1, 0.15) is 0 Å². The quantitative estimate of drug-likeness (QED) is 0.674. The molecule has 2 heterocycles. The van der Waals surface area contributed by atoms with Crippen molar-refractivity contribution in [2.75, 3.05) is 26.4 Å². The largest absolute Gasteiger partial charge is 0.344 e. The highest BCUT2D eigenvalue weighted by molar-refractivity contribution is 8.76. The first-order valence-electron chi connectivity index (χ1n) is 8.70. The lowest BCUT2D eigenvalue weighted by molar-refractivity contribution is -0.151. The summed E-state index contributed by atoms with van der Waals surface area (Å²) in [4.78, 5) is 2.27. The summed E-state index contributed by atoms with van der Waals surface area (Å²) < 4.78 is 23.4. The molecule has 0 saturated carbocycles. The topological polar surface area (TPSA) is 36.9 Å². The van der Waals surface area contributed by atoms with Crippen LogP contribution in [0.25, 0.3) is 0 Å². The molecule has 0 atom stereocenters. The molecule has 2 aliphatic heterocycles. The van der Waals surface area contributed by atoms with Gasteiger partial charge in [0, 0.05) is 20.9 Å². The van der Waals surface area contributed by atoms with Crippen LogP contribution in [0.1, 0.15) is 25.0 Å². The summed E-state index contributed by atoms with van der Waals surface area (Å²) in [7, 11) is 3.41. The number of rotatable bonds is 5. The molecule has 4 nitrogen and oxygen atoms in total. The summed E-state index contributed by atoms with van der Waals surface area (Å²) in [6.07, 6.45) is 0. The summed E-state index contributed by atoms with van der Waals surface area (Å²) in [6.45, 7) is 6.46. The maximum atomic E-state index is 5.86. The second-order valence-corrected chi connectivity index (χ2v) is 8.66. The van der Waals surface area contributed by atoms with E-state index >= 15 is 0 Å². The van der Waals surface area contributed by atoms with E-state index < -0.39 is 11.6 Å². The number of hydrogen-bond acceptors (Lipinski definition) is 6. The van der Waals surface area contributed by atoms with Crippen molar-refractivity contribution in [2.24, 2.45) is 0 Å². The van der Waals surface area contributed by atoms with Gasteiger partial charge in [-0.25, -0.2) is 0 Å². The average molecular weight is 391 g/mol. The van der Waals surface area contributed by atoms with Crippen molar-refractivity contribution in [3.05, 3.63) is 59.7 Å². The van der Waals surface area contributed by atoms with Crippen LogP contribution in [0, 0.1) is 0 Å². The minimum absolute atomic E-state index is 0.624. The average Bonchev–Trinajstić information content (AvgIpc) is 3.31. The monoisotopic (exact) mass is 390 g/mol. The third-order valence-corrected chi connectivity index (χ3v) is 7.13. The zero-order valence-corrected chi connectivity index (χ0v) is 16.5. The van der Waals surface area contributed by atoms with E-state index in [4.69, 9.17) is 18.9 Å². The van der Waals surface area contributed by atoms with E-state index in [1.807, 2.05) is 38.1 Å². The standard InChI is InChI=1S/C20H22O4S2/c1-19(21-11-12-22-19)15-7-3-5-9-17(15)25-26-18-10-6-4-8-16(18)20(2)23-13-14-24-20/h3-10H,11-14H2,1-2H3. The minimum Gasteiger partial charge on any atom is -0.344 e. The Morgan fingerprint density at radius 1 is 0.615 bits per heavy atom. The van der Waals surface area contributed by atoms with Gasteiger partial charge in [-0.2, -0.15) is 0 Å². The minimum atomic E-state index is -0.673. The van der Waals surface area contributed by atoms with E-state index in [9.17, 15) is 0 Å². The Labute approximate surface area is 161 Å². The molecule has 0 aromatic heterocycles. The van der Waals surface area contributed by atoms with Crippen LogP contribution in [-0.4, -0.2) is 26.4 Å². The third kappa shape index (κ3) is 3.54. The fourth-order valence-corrected chi connectivity index (χ4v) is 5.80. The van der Waals surface area contributed by atoms with Crippen molar-refractivity contribution in [1.82, 2.24) is 0 Å². The van der Waals surface area contributed by atoms with Gasteiger partial charge < -0.3 is 18.9 Å². The van der Waals surface area contributed by atoms with Crippen molar-refractivity contribution in [3.63, 3.8) is 0 Å². The zero-order valence-electron chi connectivity index (χ0n) is 14.9. The molecule has 138 valence electrons. The third-order valence-electron chi connectivity index (χ3n) is 4.65. The molecule has 0 bridgehead atoms. The van der Waals surface area contributed by atoms with E-state index in [1.165, 1.54) is 0 Å². The molecule has 4 rings (SSSR count). The number of hydrogen-bond donors (Lipinski definition) is 0. The Bertz CT molecular complexity index is 702. The summed E-state index contributed by atoms with van der Waals surface area (Å²) in [5.41, 5.74) is 2.12. The first kappa shape index (κ1) is 18.3. The molecule has 0 spiro atoms. The summed E-state index contributed by atoms with van der Waals surface area (Å²) in [5.74, 6) is -1.35. The molecule has 0 aliphatic carbocycles. The summed E-state index contributed by atoms with van der Waals surface area (Å²) in [6, 6.07) is 16.5. The van der Waals surface area contributed by atoms with Gasteiger partial charge in [0.25, 0.3) is 0 Å². The first-order valence-corrected chi connectivity index (χ1v) is 10.9. The van der Waals surface area contributed by atoms with E-state index in [1.54, 1.807) is 21.6 Å². The molecular formula is C20H22O4S2. The van der Waals surface area contributed by atoms with Crippen LogP contribution in [-0.2, 0) is 30.5 Å². The molecule has 2 fully saturated rings. The van der Waals surface area contributed by atoms with Gasteiger partial charge in [-0.05, 0) is 26.0 Å². The molecular weight excluding hydrogens is 368 g/mol. The summed E-state index contributed by atoms with van der Waals surface area (Å²) >= 11 is 0. The predicted octanol–water partition coefficient (Wildman–Crippen LogP) is 4.93. The van der Waals surface area contributed by atoms with Crippen molar-refractivity contribution >= 4 is 21.6 Å². The van der Waals surface area contributed by atoms with Gasteiger partial charge >= 0.3 is 0 Å². The highest BCUT2D eigenvalue weighted by Gasteiger charge is 2.37. The Morgan fingerprint density at radius 3 is 1.35 bits per heavy atom. The normalized spacial score (nSPS) is 21.2. The molecule has 0 amide bonds. The van der Waals surface area contributed by atoms with Crippen LogP contribution >= 0.6 is 21.6 Å². The predicted molar refractivity (Wildman–Crippen MR) is 103 cm³/mol. The highest BCUT2D eigenvalue weighted by Crippen LogP contribution is 2.47. The van der Waals surface area contributed by atoms with Gasteiger partial charge in [-0.15, -0.1) is 0 Å².